The molecule has 1 unspecified atom stereocenters. The molecule has 1 fully saturated rings. The van der Waals surface area contributed by atoms with E-state index in [2.05, 4.69) is 10.1 Å². The van der Waals surface area contributed by atoms with Crippen molar-refractivity contribution in [3.05, 3.63) is 48.6 Å². The maximum atomic E-state index is 12.5. The highest BCUT2D eigenvalue weighted by atomic mass is 32.1. The van der Waals surface area contributed by atoms with E-state index in [1.165, 1.54) is 23.5 Å². The van der Waals surface area contributed by atoms with E-state index in [9.17, 15) is 18.0 Å². The van der Waals surface area contributed by atoms with Crippen molar-refractivity contribution in [1.29, 1.82) is 0 Å². The summed E-state index contributed by atoms with van der Waals surface area (Å²) in [6.07, 6.45) is -0.576. The van der Waals surface area contributed by atoms with Gasteiger partial charge in [0.1, 0.15) is 5.75 Å². The fraction of sp³-hybridized carbons (Fsp3) is 0.316. The van der Waals surface area contributed by atoms with Gasteiger partial charge in [0, 0.05) is 11.4 Å². The third-order valence-electron chi connectivity index (χ3n) is 4.15. The largest absolute Gasteiger partial charge is 0.573 e. The van der Waals surface area contributed by atoms with Crippen molar-refractivity contribution < 1.29 is 22.7 Å². The molecule has 1 saturated heterocycles. The average molecular weight is 396 g/mol. The molecular weight excluding hydrogens is 377 g/mol. The number of nitrogens with one attached hydrogen (secondary N) is 1. The van der Waals surface area contributed by atoms with E-state index in [1.807, 2.05) is 12.1 Å². The van der Waals surface area contributed by atoms with Gasteiger partial charge in [0.15, 0.2) is 0 Å². The Bertz CT molecular complexity index is 809. The van der Waals surface area contributed by atoms with Crippen LogP contribution in [0.15, 0.2) is 48.6 Å². The first-order valence-electron chi connectivity index (χ1n) is 8.50. The molecule has 27 heavy (non-hydrogen) atoms. The zero-order chi connectivity index (χ0) is 19.4. The van der Waals surface area contributed by atoms with Gasteiger partial charge in [-0.15, -0.1) is 24.5 Å². The van der Waals surface area contributed by atoms with Gasteiger partial charge in [0.25, 0.3) is 5.91 Å². The average Bonchev–Trinajstić information content (AvgIpc) is 3.27. The van der Waals surface area contributed by atoms with Gasteiger partial charge in [-0.25, -0.2) is 0 Å². The first kappa shape index (κ1) is 19.4. The first-order chi connectivity index (χ1) is 12.9. The number of anilines is 1. The SMILES string of the molecule is CC=CC(=O)N(c1ccc(-c2ccc(OC(F)(F)F)cc2)s1)C1CCNC1. The van der Waals surface area contributed by atoms with E-state index in [4.69, 9.17) is 0 Å². The van der Waals surface area contributed by atoms with Crippen LogP contribution < -0.4 is 15.0 Å². The molecule has 1 atom stereocenters. The molecule has 1 aromatic carbocycles. The third kappa shape index (κ3) is 4.90. The highest BCUT2D eigenvalue weighted by Crippen LogP contribution is 2.36. The molecule has 1 aliphatic heterocycles. The number of carbonyl (C=O) groups is 1. The lowest BCUT2D eigenvalue weighted by Gasteiger charge is -2.26. The van der Waals surface area contributed by atoms with E-state index in [0.717, 1.165) is 35.0 Å². The lowest BCUT2D eigenvalue weighted by atomic mass is 10.2. The maximum Gasteiger partial charge on any atom is 0.573 e. The van der Waals surface area contributed by atoms with E-state index in [-0.39, 0.29) is 17.7 Å². The Morgan fingerprint density at radius 3 is 2.59 bits per heavy atom. The van der Waals surface area contributed by atoms with Gasteiger partial charge in [-0.05, 0) is 67.9 Å². The lowest BCUT2D eigenvalue weighted by Crippen LogP contribution is -2.40. The predicted octanol–water partition coefficient (Wildman–Crippen LogP) is 4.58. The van der Waals surface area contributed by atoms with Gasteiger partial charge in [0.05, 0.1) is 11.0 Å². The summed E-state index contributed by atoms with van der Waals surface area (Å²) in [6, 6.07) is 9.55. The van der Waals surface area contributed by atoms with Crippen molar-refractivity contribution in [3.63, 3.8) is 0 Å². The number of rotatable bonds is 5. The second kappa shape index (κ2) is 8.14. The normalized spacial score (nSPS) is 17.4. The number of carbonyl (C=O) groups excluding carboxylic acids is 1. The predicted molar refractivity (Wildman–Crippen MR) is 100 cm³/mol. The van der Waals surface area contributed by atoms with E-state index < -0.39 is 6.36 Å². The van der Waals surface area contributed by atoms with E-state index >= 15 is 0 Å². The van der Waals surface area contributed by atoms with Gasteiger partial charge < -0.3 is 10.1 Å². The Labute approximate surface area is 159 Å². The quantitative estimate of drug-likeness (QED) is 0.752. The monoisotopic (exact) mass is 396 g/mol. The summed E-state index contributed by atoms with van der Waals surface area (Å²) in [6.45, 7) is 3.40. The Morgan fingerprint density at radius 2 is 2.00 bits per heavy atom. The molecule has 2 heterocycles. The van der Waals surface area contributed by atoms with Crippen molar-refractivity contribution in [2.75, 3.05) is 18.0 Å². The Kier molecular flexibility index (Phi) is 5.86. The van der Waals surface area contributed by atoms with E-state index in [1.54, 1.807) is 36.1 Å². The second-order valence-corrected chi connectivity index (χ2v) is 7.13. The Hall–Kier alpha value is -2.32. The minimum atomic E-state index is -4.71. The Morgan fingerprint density at radius 1 is 1.26 bits per heavy atom. The van der Waals surface area contributed by atoms with Gasteiger partial charge in [-0.1, -0.05) is 6.08 Å². The lowest BCUT2D eigenvalue weighted by molar-refractivity contribution is -0.274. The number of benzene rings is 1. The number of nitrogens with zero attached hydrogens (tertiary/aromatic N) is 1. The highest BCUT2D eigenvalue weighted by molar-refractivity contribution is 7.19. The molecule has 0 radical (unpaired) electrons. The topological polar surface area (TPSA) is 41.6 Å². The van der Waals surface area contributed by atoms with Crippen LogP contribution in [0, 0.1) is 0 Å². The van der Waals surface area contributed by atoms with Crippen molar-refractivity contribution in [2.24, 2.45) is 0 Å². The second-order valence-electron chi connectivity index (χ2n) is 6.06. The first-order valence-corrected chi connectivity index (χ1v) is 9.31. The molecule has 0 spiro atoms. The molecule has 1 aliphatic rings. The number of allylic oxidation sites excluding steroid dienone is 1. The van der Waals surface area contributed by atoms with Crippen LogP contribution in [-0.4, -0.2) is 31.4 Å². The number of hydrogen-bond acceptors (Lipinski definition) is 4. The number of hydrogen-bond donors (Lipinski definition) is 1. The van der Waals surface area contributed by atoms with Crippen LogP contribution >= 0.6 is 11.3 Å². The molecule has 4 nitrogen and oxygen atoms in total. The minimum absolute atomic E-state index is 0.0754. The standard InChI is InChI=1S/C19H19F3N2O2S/c1-2-3-17(25)24(14-10-11-23-12-14)18-9-8-16(27-18)13-4-6-15(7-5-13)26-19(20,21)22/h2-9,14,23H,10-12H2,1H3. The number of amides is 1. The summed E-state index contributed by atoms with van der Waals surface area (Å²) in [5.74, 6) is -0.335. The van der Waals surface area contributed by atoms with Crippen molar-refractivity contribution in [3.8, 4) is 16.2 Å². The molecule has 0 saturated carbocycles. The maximum absolute atomic E-state index is 12.5. The summed E-state index contributed by atoms with van der Waals surface area (Å²) < 4.78 is 40.7. The molecule has 1 aromatic heterocycles. The zero-order valence-corrected chi connectivity index (χ0v) is 15.4. The zero-order valence-electron chi connectivity index (χ0n) is 14.6. The smallest absolute Gasteiger partial charge is 0.406 e. The van der Waals surface area contributed by atoms with Crippen molar-refractivity contribution >= 4 is 22.2 Å². The molecule has 0 aliphatic carbocycles. The van der Waals surface area contributed by atoms with Crippen LogP contribution in [0.1, 0.15) is 13.3 Å². The number of halogens is 3. The summed E-state index contributed by atoms with van der Waals surface area (Å²) in [7, 11) is 0. The molecule has 8 heteroatoms. The fourth-order valence-electron chi connectivity index (χ4n) is 2.98. The summed E-state index contributed by atoms with van der Waals surface area (Å²) in [5, 5.41) is 4.08. The molecule has 0 bridgehead atoms. The fourth-order valence-corrected chi connectivity index (χ4v) is 4.07. The van der Waals surface area contributed by atoms with Crippen LogP contribution in [0.2, 0.25) is 0 Å². The van der Waals surface area contributed by atoms with E-state index in [0.29, 0.717) is 0 Å². The molecule has 144 valence electrons. The Balaban J connectivity index is 1.82. The van der Waals surface area contributed by atoms with Crippen LogP contribution in [0.25, 0.3) is 10.4 Å². The summed E-state index contributed by atoms with van der Waals surface area (Å²) >= 11 is 1.43. The number of thiophene rings is 1. The van der Waals surface area contributed by atoms with Gasteiger partial charge in [0.2, 0.25) is 0 Å². The highest BCUT2D eigenvalue weighted by Gasteiger charge is 2.31. The van der Waals surface area contributed by atoms with Gasteiger partial charge in [-0.3, -0.25) is 9.69 Å². The molecular formula is C19H19F3N2O2S. The van der Waals surface area contributed by atoms with Crippen LogP contribution in [0.5, 0.6) is 5.75 Å². The summed E-state index contributed by atoms with van der Waals surface area (Å²) in [4.78, 5) is 15.2. The third-order valence-corrected chi connectivity index (χ3v) is 5.28. The number of alkyl halides is 3. The molecule has 1 N–H and O–H groups in total. The minimum Gasteiger partial charge on any atom is -0.406 e. The van der Waals surface area contributed by atoms with Crippen molar-refractivity contribution in [1.82, 2.24) is 5.32 Å². The molecule has 3 rings (SSSR count). The van der Waals surface area contributed by atoms with Crippen molar-refractivity contribution in [2.45, 2.75) is 25.7 Å². The number of ether oxygens (including phenoxy) is 1. The summed E-state index contributed by atoms with van der Waals surface area (Å²) in [5.41, 5.74) is 0.767. The molecule has 2 aromatic rings. The van der Waals surface area contributed by atoms with Crippen LogP contribution in [0.3, 0.4) is 0 Å². The molecule has 1 amide bonds. The van der Waals surface area contributed by atoms with Gasteiger partial charge >= 0.3 is 6.36 Å². The van der Waals surface area contributed by atoms with Crippen LogP contribution in [0.4, 0.5) is 18.2 Å². The van der Waals surface area contributed by atoms with Gasteiger partial charge in [-0.2, -0.15) is 0 Å². The van der Waals surface area contributed by atoms with Crippen LogP contribution in [-0.2, 0) is 4.79 Å².